The zero-order valence-electron chi connectivity index (χ0n) is 12.2. The van der Waals surface area contributed by atoms with Gasteiger partial charge in [-0.1, -0.05) is 13.3 Å². The van der Waals surface area contributed by atoms with E-state index in [1.54, 1.807) is 11.8 Å². The highest BCUT2D eigenvalue weighted by Crippen LogP contribution is 2.09. The van der Waals surface area contributed by atoms with E-state index >= 15 is 0 Å². The predicted octanol–water partition coefficient (Wildman–Crippen LogP) is 1.37. The van der Waals surface area contributed by atoms with Crippen LogP contribution in [0.3, 0.4) is 0 Å². The Labute approximate surface area is 119 Å². The van der Waals surface area contributed by atoms with Gasteiger partial charge in [-0.05, 0) is 13.3 Å². The Morgan fingerprint density at radius 1 is 1.35 bits per heavy atom. The van der Waals surface area contributed by atoms with E-state index in [0.717, 1.165) is 12.8 Å². The summed E-state index contributed by atoms with van der Waals surface area (Å²) in [6, 6.07) is -0.220. The number of rotatable bonds is 6. The first-order chi connectivity index (χ1) is 9.69. The fourth-order valence-electron chi connectivity index (χ4n) is 1.83. The smallest absolute Gasteiger partial charge is 0.410 e. The fraction of sp³-hybridized carbons (Fsp3) is 0.846. The van der Waals surface area contributed by atoms with Crippen LogP contribution in [0.25, 0.3) is 0 Å². The molecule has 7 nitrogen and oxygen atoms in total. The monoisotopic (exact) mass is 288 g/mol. The Balaban J connectivity index is 2.40. The normalized spacial score (nSPS) is 18.5. The van der Waals surface area contributed by atoms with E-state index in [2.05, 4.69) is 5.32 Å². The van der Waals surface area contributed by atoms with Crippen molar-refractivity contribution in [1.29, 1.82) is 0 Å². The van der Waals surface area contributed by atoms with Crippen molar-refractivity contribution in [1.82, 2.24) is 10.2 Å². The van der Waals surface area contributed by atoms with E-state index in [9.17, 15) is 9.59 Å². The van der Waals surface area contributed by atoms with Gasteiger partial charge < -0.3 is 19.5 Å². The molecular weight excluding hydrogens is 264 g/mol. The third kappa shape index (κ3) is 5.64. The molecule has 0 aliphatic carbocycles. The number of carbonyl (C=O) groups is 2. The second-order valence-corrected chi connectivity index (χ2v) is 4.49. The molecule has 1 saturated heterocycles. The van der Waals surface area contributed by atoms with Gasteiger partial charge >= 0.3 is 12.2 Å². The molecule has 20 heavy (non-hydrogen) atoms. The summed E-state index contributed by atoms with van der Waals surface area (Å²) in [4.78, 5) is 24.8. The number of ether oxygens (including phenoxy) is 3. The van der Waals surface area contributed by atoms with E-state index < -0.39 is 6.09 Å². The van der Waals surface area contributed by atoms with Crippen molar-refractivity contribution < 1.29 is 23.8 Å². The van der Waals surface area contributed by atoms with Crippen molar-refractivity contribution in [3.8, 4) is 0 Å². The topological polar surface area (TPSA) is 77.1 Å². The number of alkyl carbamates (subject to hydrolysis) is 1. The van der Waals surface area contributed by atoms with Crippen molar-refractivity contribution in [2.24, 2.45) is 0 Å². The summed E-state index contributed by atoms with van der Waals surface area (Å²) in [5.74, 6) is 0. The number of amides is 2. The molecule has 1 aliphatic rings. The molecule has 1 rings (SSSR count). The minimum atomic E-state index is -0.489. The van der Waals surface area contributed by atoms with E-state index in [4.69, 9.17) is 14.2 Å². The highest BCUT2D eigenvalue weighted by molar-refractivity contribution is 5.69. The van der Waals surface area contributed by atoms with Gasteiger partial charge in [0, 0.05) is 13.1 Å². The molecule has 2 amide bonds. The third-order valence-corrected chi connectivity index (χ3v) is 2.94. The number of nitrogens with one attached hydrogen (secondary N) is 1. The van der Waals surface area contributed by atoms with E-state index in [-0.39, 0.29) is 12.1 Å². The van der Waals surface area contributed by atoms with Gasteiger partial charge in [-0.2, -0.15) is 0 Å². The van der Waals surface area contributed by atoms with Crippen LogP contribution in [-0.4, -0.2) is 62.6 Å². The fourth-order valence-corrected chi connectivity index (χ4v) is 1.83. The van der Waals surface area contributed by atoms with Crippen LogP contribution in [0.4, 0.5) is 9.59 Å². The molecule has 1 N–H and O–H groups in total. The number of nitrogens with zero attached hydrogens (tertiary/aromatic N) is 1. The van der Waals surface area contributed by atoms with E-state index in [0.29, 0.717) is 39.5 Å². The maximum Gasteiger partial charge on any atom is 0.410 e. The zero-order chi connectivity index (χ0) is 14.8. The number of unbranched alkanes of at least 4 members (excludes halogenated alkanes) is 1. The first kappa shape index (κ1) is 16.6. The summed E-state index contributed by atoms with van der Waals surface area (Å²) in [6.45, 7) is 6.14. The minimum absolute atomic E-state index is 0.220. The SMILES string of the molecule is CCCCOC(=O)N1CCOCC1CNC(=O)OCC. The number of morpholine rings is 1. The highest BCUT2D eigenvalue weighted by Gasteiger charge is 2.28. The van der Waals surface area contributed by atoms with Crippen LogP contribution >= 0.6 is 0 Å². The number of hydrogen-bond donors (Lipinski definition) is 1. The number of carbonyl (C=O) groups excluding carboxylic acids is 2. The quantitative estimate of drug-likeness (QED) is 0.747. The van der Waals surface area contributed by atoms with Crippen LogP contribution in [-0.2, 0) is 14.2 Å². The van der Waals surface area contributed by atoms with Crippen molar-refractivity contribution in [2.75, 3.05) is 39.5 Å². The lowest BCUT2D eigenvalue weighted by Crippen LogP contribution is -2.53. The zero-order valence-corrected chi connectivity index (χ0v) is 12.2. The lowest BCUT2D eigenvalue weighted by Gasteiger charge is -2.34. The van der Waals surface area contributed by atoms with Crippen LogP contribution < -0.4 is 5.32 Å². The molecule has 0 radical (unpaired) electrons. The van der Waals surface area contributed by atoms with Crippen LogP contribution in [0.5, 0.6) is 0 Å². The summed E-state index contributed by atoms with van der Waals surface area (Å²) in [5.41, 5.74) is 0. The largest absolute Gasteiger partial charge is 0.450 e. The molecule has 1 atom stereocenters. The standard InChI is InChI=1S/C13H24N2O5/c1-3-5-7-20-13(17)15-6-8-18-10-11(15)9-14-12(16)19-4-2/h11H,3-10H2,1-2H3,(H,14,16). The highest BCUT2D eigenvalue weighted by atomic mass is 16.6. The molecule has 0 bridgehead atoms. The van der Waals surface area contributed by atoms with E-state index in [1.165, 1.54) is 0 Å². The molecule has 1 fully saturated rings. The van der Waals surface area contributed by atoms with Gasteiger partial charge in [-0.25, -0.2) is 9.59 Å². The molecular formula is C13H24N2O5. The summed E-state index contributed by atoms with van der Waals surface area (Å²) >= 11 is 0. The Morgan fingerprint density at radius 2 is 2.15 bits per heavy atom. The van der Waals surface area contributed by atoms with Crippen LogP contribution in [0.15, 0.2) is 0 Å². The Bertz CT molecular complexity index is 311. The van der Waals surface area contributed by atoms with Gasteiger partial charge in [0.05, 0.1) is 32.5 Å². The van der Waals surface area contributed by atoms with Gasteiger partial charge in [-0.15, -0.1) is 0 Å². The van der Waals surface area contributed by atoms with Gasteiger partial charge in [0.25, 0.3) is 0 Å². The van der Waals surface area contributed by atoms with Crippen molar-refractivity contribution in [2.45, 2.75) is 32.7 Å². The molecule has 0 aromatic carbocycles. The minimum Gasteiger partial charge on any atom is -0.450 e. The summed E-state index contributed by atoms with van der Waals surface area (Å²) in [6.07, 6.45) is 0.987. The van der Waals surface area contributed by atoms with Crippen LogP contribution in [0.2, 0.25) is 0 Å². The summed E-state index contributed by atoms with van der Waals surface area (Å²) < 4.78 is 15.3. The lowest BCUT2D eigenvalue weighted by molar-refractivity contribution is -0.00864. The van der Waals surface area contributed by atoms with Crippen LogP contribution in [0.1, 0.15) is 26.7 Å². The van der Waals surface area contributed by atoms with Crippen molar-refractivity contribution in [3.63, 3.8) is 0 Å². The van der Waals surface area contributed by atoms with Gasteiger partial charge in [-0.3, -0.25) is 4.90 Å². The summed E-state index contributed by atoms with van der Waals surface area (Å²) in [7, 11) is 0. The second kappa shape index (κ2) is 9.41. The lowest BCUT2D eigenvalue weighted by atomic mass is 10.2. The van der Waals surface area contributed by atoms with Gasteiger partial charge in [0.2, 0.25) is 0 Å². The Kier molecular flexibility index (Phi) is 7.79. The van der Waals surface area contributed by atoms with Gasteiger partial charge in [0.1, 0.15) is 0 Å². The first-order valence-electron chi connectivity index (χ1n) is 7.10. The molecule has 116 valence electrons. The van der Waals surface area contributed by atoms with Gasteiger partial charge in [0.15, 0.2) is 0 Å². The molecule has 7 heteroatoms. The molecule has 0 saturated carbocycles. The molecule has 0 aromatic rings. The summed E-state index contributed by atoms with van der Waals surface area (Å²) in [5, 5.41) is 2.61. The molecule has 0 aromatic heterocycles. The molecule has 1 heterocycles. The first-order valence-corrected chi connectivity index (χ1v) is 7.10. The maximum absolute atomic E-state index is 12.0. The third-order valence-electron chi connectivity index (χ3n) is 2.94. The van der Waals surface area contributed by atoms with Crippen molar-refractivity contribution in [3.05, 3.63) is 0 Å². The maximum atomic E-state index is 12.0. The number of hydrogen-bond acceptors (Lipinski definition) is 5. The predicted molar refractivity (Wildman–Crippen MR) is 72.6 cm³/mol. The molecule has 0 spiro atoms. The Morgan fingerprint density at radius 3 is 2.85 bits per heavy atom. The van der Waals surface area contributed by atoms with Crippen LogP contribution in [0, 0.1) is 0 Å². The average Bonchev–Trinajstić information content (AvgIpc) is 2.46. The van der Waals surface area contributed by atoms with E-state index in [1.807, 2.05) is 6.92 Å². The molecule has 1 unspecified atom stereocenters. The average molecular weight is 288 g/mol. The second-order valence-electron chi connectivity index (χ2n) is 4.49. The molecule has 1 aliphatic heterocycles. The Hall–Kier alpha value is -1.50. The van der Waals surface area contributed by atoms with Crippen molar-refractivity contribution >= 4 is 12.2 Å².